The molecule has 2 atom stereocenters. The van der Waals surface area contributed by atoms with Crippen LogP contribution in [-0.4, -0.2) is 55.2 Å². The minimum atomic E-state index is -0.149. The third kappa shape index (κ3) is 3.50. The van der Waals surface area contributed by atoms with Gasteiger partial charge >= 0.3 is 0 Å². The van der Waals surface area contributed by atoms with Crippen molar-refractivity contribution in [3.8, 4) is 0 Å². The van der Waals surface area contributed by atoms with Crippen LogP contribution in [0.3, 0.4) is 0 Å². The molecule has 2 aliphatic rings. The lowest BCUT2D eigenvalue weighted by atomic mass is 10.0. The molecule has 2 aliphatic heterocycles. The van der Waals surface area contributed by atoms with Crippen LogP contribution in [0.25, 0.3) is 0 Å². The van der Waals surface area contributed by atoms with Crippen molar-refractivity contribution in [3.63, 3.8) is 0 Å². The zero-order valence-electron chi connectivity index (χ0n) is 11.1. The van der Waals surface area contributed by atoms with Crippen LogP contribution < -0.4 is 0 Å². The normalized spacial score (nSPS) is 33.8. The number of carbonyl (C=O) groups excluding carboxylic acids is 1. The molecule has 2 heterocycles. The Hall–Kier alpha value is -0.450. The number of Topliss-reactive ketones (excluding diaryl/α,β-unsaturated/α-hetero) is 1. The number of carbonyl (C=O) groups is 1. The molecular weight excluding hydrogens is 218 g/mol. The van der Waals surface area contributed by atoms with Gasteiger partial charge in [0.25, 0.3) is 0 Å². The maximum absolute atomic E-state index is 12.1. The Balaban J connectivity index is 1.87. The lowest BCUT2D eigenvalue weighted by Crippen LogP contribution is -2.53. The van der Waals surface area contributed by atoms with E-state index in [2.05, 4.69) is 25.7 Å². The first-order valence-electron chi connectivity index (χ1n) is 6.47. The summed E-state index contributed by atoms with van der Waals surface area (Å²) in [6.45, 7) is 9.81. The molecule has 17 heavy (non-hydrogen) atoms. The molecule has 98 valence electrons. The van der Waals surface area contributed by atoms with Crippen LogP contribution in [0.2, 0.25) is 0 Å². The fourth-order valence-electron chi connectivity index (χ4n) is 2.84. The van der Waals surface area contributed by atoms with E-state index in [9.17, 15) is 4.79 Å². The summed E-state index contributed by atoms with van der Waals surface area (Å²) in [7, 11) is 0. The van der Waals surface area contributed by atoms with Gasteiger partial charge in [-0.2, -0.15) is 0 Å². The quantitative estimate of drug-likeness (QED) is 0.741. The van der Waals surface area contributed by atoms with Crippen molar-refractivity contribution in [2.45, 2.75) is 38.9 Å². The Morgan fingerprint density at radius 3 is 2.82 bits per heavy atom. The highest BCUT2D eigenvalue weighted by atomic mass is 16.5. The Morgan fingerprint density at radius 1 is 1.47 bits per heavy atom. The van der Waals surface area contributed by atoms with Crippen molar-refractivity contribution in [3.05, 3.63) is 0 Å². The van der Waals surface area contributed by atoms with E-state index in [-0.39, 0.29) is 17.6 Å². The van der Waals surface area contributed by atoms with Gasteiger partial charge < -0.3 is 9.47 Å². The molecule has 2 fully saturated rings. The van der Waals surface area contributed by atoms with Crippen LogP contribution in [0.15, 0.2) is 0 Å². The average molecular weight is 241 g/mol. The second kappa shape index (κ2) is 5.04. The lowest BCUT2D eigenvalue weighted by molar-refractivity contribution is -0.140. The molecule has 2 rings (SSSR count). The summed E-state index contributed by atoms with van der Waals surface area (Å²) in [6, 6.07) is 0. The zero-order valence-corrected chi connectivity index (χ0v) is 11.1. The first-order chi connectivity index (χ1) is 7.96. The topological polar surface area (TPSA) is 38.8 Å². The maximum atomic E-state index is 12.1. The van der Waals surface area contributed by atoms with Gasteiger partial charge in [0.1, 0.15) is 0 Å². The van der Waals surface area contributed by atoms with Crippen molar-refractivity contribution in [2.75, 3.05) is 32.8 Å². The number of hydrogen-bond donors (Lipinski definition) is 0. The van der Waals surface area contributed by atoms with E-state index >= 15 is 0 Å². The standard InChI is InChI=1S/C13H23NO3/c1-10-6-14(9-13(2,3)17-10)7-12(15)11-4-5-16-8-11/h10-11H,4-9H2,1-3H3. The molecule has 4 heteroatoms. The molecule has 0 aromatic rings. The highest BCUT2D eigenvalue weighted by molar-refractivity contribution is 5.83. The SMILES string of the molecule is CC1CN(CC(=O)C2CCOC2)CC(C)(C)O1. The molecule has 2 saturated heterocycles. The average Bonchev–Trinajstić information content (AvgIpc) is 2.65. The maximum Gasteiger partial charge on any atom is 0.152 e. The predicted octanol–water partition coefficient (Wildman–Crippen LogP) is 1.09. The minimum absolute atomic E-state index is 0.122. The summed E-state index contributed by atoms with van der Waals surface area (Å²) in [5.41, 5.74) is -0.149. The zero-order chi connectivity index (χ0) is 12.5. The van der Waals surface area contributed by atoms with Crippen molar-refractivity contribution in [1.82, 2.24) is 4.90 Å². The van der Waals surface area contributed by atoms with E-state index < -0.39 is 0 Å². The van der Waals surface area contributed by atoms with Crippen LogP contribution in [0.5, 0.6) is 0 Å². The van der Waals surface area contributed by atoms with Crippen molar-refractivity contribution < 1.29 is 14.3 Å². The van der Waals surface area contributed by atoms with Crippen LogP contribution in [-0.2, 0) is 14.3 Å². The van der Waals surface area contributed by atoms with Crippen LogP contribution >= 0.6 is 0 Å². The molecule has 0 aromatic carbocycles. The second-order valence-electron chi connectivity index (χ2n) is 5.88. The first-order valence-corrected chi connectivity index (χ1v) is 6.47. The monoisotopic (exact) mass is 241 g/mol. The van der Waals surface area contributed by atoms with Crippen LogP contribution in [0.4, 0.5) is 0 Å². The predicted molar refractivity (Wildman–Crippen MR) is 65.0 cm³/mol. The van der Waals surface area contributed by atoms with Crippen molar-refractivity contribution in [1.29, 1.82) is 0 Å². The third-order valence-electron chi connectivity index (χ3n) is 3.40. The first kappa shape index (κ1) is 13.0. The Morgan fingerprint density at radius 2 is 2.24 bits per heavy atom. The fraction of sp³-hybridized carbons (Fsp3) is 0.923. The lowest BCUT2D eigenvalue weighted by Gasteiger charge is -2.41. The summed E-state index contributed by atoms with van der Waals surface area (Å²) in [4.78, 5) is 14.3. The molecular formula is C13H23NO3. The Bertz CT molecular complexity index is 284. The summed E-state index contributed by atoms with van der Waals surface area (Å²) >= 11 is 0. The van der Waals surface area contributed by atoms with E-state index in [0.717, 1.165) is 26.1 Å². The molecule has 0 amide bonds. The molecule has 2 unspecified atom stereocenters. The van der Waals surface area contributed by atoms with Gasteiger partial charge in [0.2, 0.25) is 0 Å². The second-order valence-corrected chi connectivity index (χ2v) is 5.88. The van der Waals surface area contributed by atoms with E-state index in [1.165, 1.54) is 0 Å². The number of nitrogens with zero attached hydrogens (tertiary/aromatic N) is 1. The van der Waals surface area contributed by atoms with Gasteiger partial charge in [-0.15, -0.1) is 0 Å². The molecule has 4 nitrogen and oxygen atoms in total. The number of hydrogen-bond acceptors (Lipinski definition) is 4. The van der Waals surface area contributed by atoms with Gasteiger partial charge in [0.15, 0.2) is 5.78 Å². The van der Waals surface area contributed by atoms with E-state index in [1.54, 1.807) is 0 Å². The smallest absolute Gasteiger partial charge is 0.152 e. The van der Waals surface area contributed by atoms with E-state index in [1.807, 2.05) is 0 Å². The minimum Gasteiger partial charge on any atom is -0.381 e. The Kier molecular flexibility index (Phi) is 3.85. The summed E-state index contributed by atoms with van der Waals surface area (Å²) in [5, 5.41) is 0. The molecule has 0 saturated carbocycles. The molecule has 0 spiro atoms. The number of ketones is 1. The van der Waals surface area contributed by atoms with Gasteiger partial charge in [0, 0.05) is 25.6 Å². The third-order valence-corrected chi connectivity index (χ3v) is 3.40. The van der Waals surface area contributed by atoms with Crippen LogP contribution in [0, 0.1) is 5.92 Å². The van der Waals surface area contributed by atoms with Gasteiger partial charge in [-0.1, -0.05) is 0 Å². The number of ether oxygens (including phenoxy) is 2. The van der Waals surface area contributed by atoms with E-state index in [0.29, 0.717) is 18.9 Å². The van der Waals surface area contributed by atoms with Gasteiger partial charge in [-0.05, 0) is 27.2 Å². The van der Waals surface area contributed by atoms with Gasteiger partial charge in [-0.3, -0.25) is 9.69 Å². The summed E-state index contributed by atoms with van der Waals surface area (Å²) < 4.78 is 11.1. The highest BCUT2D eigenvalue weighted by Crippen LogP contribution is 2.21. The number of rotatable bonds is 3. The largest absolute Gasteiger partial charge is 0.381 e. The van der Waals surface area contributed by atoms with Gasteiger partial charge in [-0.25, -0.2) is 0 Å². The number of morpholine rings is 1. The molecule has 0 aliphatic carbocycles. The van der Waals surface area contributed by atoms with Gasteiger partial charge in [0.05, 0.1) is 24.9 Å². The van der Waals surface area contributed by atoms with Crippen molar-refractivity contribution in [2.24, 2.45) is 5.92 Å². The Labute approximate surface area is 103 Å². The summed E-state index contributed by atoms with van der Waals surface area (Å²) in [6.07, 6.45) is 1.09. The molecule has 0 bridgehead atoms. The molecule has 0 aromatic heterocycles. The van der Waals surface area contributed by atoms with Crippen molar-refractivity contribution >= 4 is 5.78 Å². The molecule has 0 N–H and O–H groups in total. The summed E-state index contributed by atoms with van der Waals surface area (Å²) in [5.74, 6) is 0.448. The van der Waals surface area contributed by atoms with E-state index in [4.69, 9.17) is 9.47 Å². The molecule has 0 radical (unpaired) electrons. The fourth-order valence-corrected chi connectivity index (χ4v) is 2.84. The van der Waals surface area contributed by atoms with Crippen LogP contribution in [0.1, 0.15) is 27.2 Å². The highest BCUT2D eigenvalue weighted by Gasteiger charge is 2.33.